The van der Waals surface area contributed by atoms with Gasteiger partial charge in [-0.1, -0.05) is 37.8 Å². The number of thioether (sulfide) groups is 1. The third-order valence-electron chi connectivity index (χ3n) is 0.892. The van der Waals surface area contributed by atoms with E-state index in [1.165, 1.54) is 0 Å². The molecule has 0 aliphatic carbocycles. The van der Waals surface area contributed by atoms with E-state index < -0.39 is 0 Å². The second kappa shape index (κ2) is 6.87. The summed E-state index contributed by atoms with van der Waals surface area (Å²) in [6.45, 7) is 4.24. The topological polar surface area (TPSA) is 26.0 Å². The Labute approximate surface area is 76.6 Å². The van der Waals surface area contributed by atoms with Crippen molar-refractivity contribution in [2.24, 2.45) is 5.73 Å². The van der Waals surface area contributed by atoms with E-state index >= 15 is 0 Å². The van der Waals surface area contributed by atoms with Crippen LogP contribution in [0.25, 0.3) is 0 Å². The van der Waals surface area contributed by atoms with E-state index in [1.54, 1.807) is 11.8 Å². The summed E-state index contributed by atoms with van der Waals surface area (Å²) in [5, 5.41) is 0.576. The number of rotatable bonds is 2. The number of hydrogen-bond donors (Lipinski definition) is 1. The van der Waals surface area contributed by atoms with Gasteiger partial charge in [0.1, 0.15) is 4.32 Å². The van der Waals surface area contributed by atoms with Crippen molar-refractivity contribution in [2.75, 3.05) is 0 Å². The maximum absolute atomic E-state index is 5.26. The van der Waals surface area contributed by atoms with Crippen LogP contribution >= 0.6 is 24.0 Å². The van der Waals surface area contributed by atoms with Gasteiger partial charge < -0.3 is 5.73 Å². The van der Waals surface area contributed by atoms with Gasteiger partial charge in [0.2, 0.25) is 0 Å². The second-order valence-electron chi connectivity index (χ2n) is 1.66. The molecular formula is C5H11CuNS2. The third kappa shape index (κ3) is 8.76. The van der Waals surface area contributed by atoms with E-state index in [-0.39, 0.29) is 17.1 Å². The quantitative estimate of drug-likeness (QED) is 0.558. The van der Waals surface area contributed by atoms with Crippen molar-refractivity contribution in [3.8, 4) is 0 Å². The molecule has 0 rings (SSSR count). The van der Waals surface area contributed by atoms with Crippen LogP contribution in [0.2, 0.25) is 0 Å². The summed E-state index contributed by atoms with van der Waals surface area (Å²) in [7, 11) is 0. The molecule has 0 aliphatic heterocycles. The fraction of sp³-hybridized carbons (Fsp3) is 0.800. The number of hydrogen-bond acceptors (Lipinski definition) is 2. The predicted octanol–water partition coefficient (Wildman–Crippen LogP) is 1.76. The summed E-state index contributed by atoms with van der Waals surface area (Å²) >= 11 is 6.24. The summed E-state index contributed by atoms with van der Waals surface area (Å²) < 4.78 is 0.555. The average molecular weight is 213 g/mol. The molecule has 4 heteroatoms. The van der Waals surface area contributed by atoms with Crippen LogP contribution in [0.15, 0.2) is 0 Å². The first-order valence-corrected chi connectivity index (χ1v) is 3.91. The number of nitrogens with two attached hydrogens (primary N) is 1. The van der Waals surface area contributed by atoms with Crippen LogP contribution in [-0.2, 0) is 17.1 Å². The molecule has 59 valence electrons. The molecular weight excluding hydrogens is 202 g/mol. The van der Waals surface area contributed by atoms with E-state index in [1.807, 2.05) is 0 Å². The molecule has 9 heavy (non-hydrogen) atoms. The van der Waals surface area contributed by atoms with Crippen molar-refractivity contribution in [3.63, 3.8) is 0 Å². The summed E-state index contributed by atoms with van der Waals surface area (Å²) in [5.74, 6) is 0. The van der Waals surface area contributed by atoms with Crippen LogP contribution in [0.4, 0.5) is 0 Å². The summed E-state index contributed by atoms with van der Waals surface area (Å²) in [4.78, 5) is 0. The van der Waals surface area contributed by atoms with Crippen molar-refractivity contribution >= 4 is 28.3 Å². The maximum atomic E-state index is 5.26. The third-order valence-corrected chi connectivity index (χ3v) is 2.15. The Balaban J connectivity index is 0. The van der Waals surface area contributed by atoms with E-state index in [2.05, 4.69) is 26.1 Å². The first-order chi connectivity index (χ1) is 3.66. The minimum Gasteiger partial charge on any atom is -0.385 e. The standard InChI is InChI=1S/C5H11NS2.Cu/c1-3-4(2)8-5(6)7;/h4H,3H2,1-2H3,(H2,6,7);. The van der Waals surface area contributed by atoms with E-state index in [9.17, 15) is 0 Å². The summed E-state index contributed by atoms with van der Waals surface area (Å²) in [5.41, 5.74) is 5.26. The molecule has 1 radical (unpaired) electrons. The number of thiocarbonyl (C=S) groups is 1. The molecule has 1 unspecified atom stereocenters. The molecule has 0 aliphatic rings. The molecule has 0 amide bonds. The molecule has 2 N–H and O–H groups in total. The molecule has 1 nitrogen and oxygen atoms in total. The van der Waals surface area contributed by atoms with Gasteiger partial charge in [0.05, 0.1) is 0 Å². The second-order valence-corrected chi connectivity index (χ2v) is 3.83. The molecule has 0 aromatic carbocycles. The van der Waals surface area contributed by atoms with Gasteiger partial charge >= 0.3 is 0 Å². The Bertz CT molecular complexity index is 87.0. The Kier molecular flexibility index (Phi) is 9.50. The molecule has 0 saturated carbocycles. The van der Waals surface area contributed by atoms with Gasteiger partial charge in [-0.15, -0.1) is 0 Å². The van der Waals surface area contributed by atoms with Gasteiger partial charge in [-0.3, -0.25) is 0 Å². The molecule has 0 saturated heterocycles. The van der Waals surface area contributed by atoms with Gasteiger partial charge in [0.15, 0.2) is 0 Å². The van der Waals surface area contributed by atoms with Crippen molar-refractivity contribution < 1.29 is 17.1 Å². The van der Waals surface area contributed by atoms with Gasteiger partial charge in [0.25, 0.3) is 0 Å². The van der Waals surface area contributed by atoms with Gasteiger partial charge in [-0.2, -0.15) is 0 Å². The largest absolute Gasteiger partial charge is 0.385 e. The zero-order valence-electron chi connectivity index (χ0n) is 5.48. The molecule has 0 heterocycles. The average Bonchev–Trinajstić information content (AvgIpc) is 1.65. The van der Waals surface area contributed by atoms with E-state index in [0.717, 1.165) is 6.42 Å². The van der Waals surface area contributed by atoms with Crippen LogP contribution in [0.1, 0.15) is 20.3 Å². The Morgan fingerprint density at radius 2 is 2.22 bits per heavy atom. The first-order valence-electron chi connectivity index (χ1n) is 2.63. The van der Waals surface area contributed by atoms with Crippen molar-refractivity contribution in [1.82, 2.24) is 0 Å². The van der Waals surface area contributed by atoms with Crippen molar-refractivity contribution in [2.45, 2.75) is 25.5 Å². The fourth-order valence-electron chi connectivity index (χ4n) is 0.282. The van der Waals surface area contributed by atoms with Crippen LogP contribution in [0, 0.1) is 0 Å². The van der Waals surface area contributed by atoms with Gasteiger partial charge in [-0.05, 0) is 6.42 Å². The maximum Gasteiger partial charge on any atom is 0.131 e. The monoisotopic (exact) mass is 212 g/mol. The molecule has 0 aromatic heterocycles. The van der Waals surface area contributed by atoms with E-state index in [4.69, 9.17) is 5.73 Å². The zero-order chi connectivity index (χ0) is 6.57. The van der Waals surface area contributed by atoms with Gasteiger partial charge in [-0.25, -0.2) is 0 Å². The molecule has 1 atom stereocenters. The fourth-order valence-corrected chi connectivity index (χ4v) is 1.34. The van der Waals surface area contributed by atoms with Crippen LogP contribution in [-0.4, -0.2) is 9.57 Å². The first kappa shape index (κ1) is 12.4. The summed E-state index contributed by atoms with van der Waals surface area (Å²) in [6, 6.07) is 0. The van der Waals surface area contributed by atoms with Crippen LogP contribution in [0.5, 0.6) is 0 Å². The molecule has 0 aromatic rings. The normalized spacial score (nSPS) is 11.8. The Morgan fingerprint density at radius 3 is 2.33 bits per heavy atom. The van der Waals surface area contributed by atoms with Crippen molar-refractivity contribution in [3.05, 3.63) is 0 Å². The smallest absolute Gasteiger partial charge is 0.131 e. The Morgan fingerprint density at radius 1 is 1.78 bits per heavy atom. The summed E-state index contributed by atoms with van der Waals surface area (Å²) in [6.07, 6.45) is 1.13. The zero-order valence-corrected chi connectivity index (χ0v) is 8.05. The molecule has 0 spiro atoms. The molecule has 0 bridgehead atoms. The minimum atomic E-state index is 0. The molecule has 0 fully saturated rings. The van der Waals surface area contributed by atoms with Crippen LogP contribution < -0.4 is 5.73 Å². The minimum absolute atomic E-state index is 0. The SMILES string of the molecule is CCC(C)SC(N)=S.[Cu]. The van der Waals surface area contributed by atoms with Gasteiger partial charge in [0, 0.05) is 22.3 Å². The Hall–Kier alpha value is 0.759. The van der Waals surface area contributed by atoms with Crippen LogP contribution in [0.3, 0.4) is 0 Å². The van der Waals surface area contributed by atoms with Crippen molar-refractivity contribution in [1.29, 1.82) is 0 Å². The van der Waals surface area contributed by atoms with E-state index in [0.29, 0.717) is 9.57 Å². The predicted molar refractivity (Wildman–Crippen MR) is 44.1 cm³/mol.